The lowest BCUT2D eigenvalue weighted by atomic mass is 9.82. The molecular weight excluding hydrogens is 420 g/mol. The topological polar surface area (TPSA) is 61.8 Å². The normalized spacial score (nSPS) is 17.8. The Morgan fingerprint density at radius 1 is 1.29 bits per heavy atom. The van der Waals surface area contributed by atoms with E-state index in [-0.39, 0.29) is 19.0 Å². The van der Waals surface area contributed by atoms with Crippen molar-refractivity contribution in [2.24, 2.45) is 5.41 Å². The molecule has 6 heteroatoms. The lowest BCUT2D eigenvalue weighted by Gasteiger charge is -2.40. The number of nitrogens with zero attached hydrogens (tertiary/aromatic N) is 1. The fourth-order valence-corrected chi connectivity index (χ4v) is 3.98. The highest BCUT2D eigenvalue weighted by Gasteiger charge is 2.28. The Labute approximate surface area is 176 Å². The second kappa shape index (κ2) is 10.7. The summed E-state index contributed by atoms with van der Waals surface area (Å²) in [5.74, 6) is -0.243. The van der Waals surface area contributed by atoms with E-state index in [1.54, 1.807) is 0 Å². The smallest absolute Gasteiger partial charge is 0.310 e. The fourth-order valence-electron chi connectivity index (χ4n) is 3.34. The van der Waals surface area contributed by atoms with Gasteiger partial charge in [0.1, 0.15) is 6.61 Å². The number of hydrogen-bond donors (Lipinski definition) is 2. The van der Waals surface area contributed by atoms with Crippen molar-refractivity contribution in [1.82, 2.24) is 10.4 Å². The molecule has 1 heterocycles. The van der Waals surface area contributed by atoms with Crippen molar-refractivity contribution in [2.45, 2.75) is 53.1 Å². The molecule has 154 valence electrons. The second-order valence-corrected chi connectivity index (χ2v) is 8.76. The van der Waals surface area contributed by atoms with E-state index in [0.29, 0.717) is 5.41 Å². The van der Waals surface area contributed by atoms with Crippen molar-refractivity contribution < 1.29 is 14.7 Å². The number of rotatable bonds is 8. The molecule has 0 spiro atoms. The molecule has 5 nitrogen and oxygen atoms in total. The molecule has 0 radical (unpaired) electrons. The van der Waals surface area contributed by atoms with Crippen molar-refractivity contribution in [1.29, 1.82) is 0 Å². The second-order valence-electron chi connectivity index (χ2n) is 7.90. The van der Waals surface area contributed by atoms with Crippen LogP contribution in [0, 0.1) is 5.41 Å². The number of likely N-dealkylation sites (tertiary alicyclic amines) is 1. The predicted molar refractivity (Wildman–Crippen MR) is 115 cm³/mol. The van der Waals surface area contributed by atoms with Gasteiger partial charge in [0.15, 0.2) is 0 Å². The van der Waals surface area contributed by atoms with Gasteiger partial charge in [0.2, 0.25) is 0 Å². The van der Waals surface area contributed by atoms with Crippen LogP contribution in [0.25, 0.3) is 0 Å². The SMILES string of the molecule is CC/C(CC(=O)OCc1ccccc1)=C(\C(Br)=C/NO)N1CCC(C)(C)CC1. The molecule has 0 aromatic heterocycles. The molecule has 1 aliphatic rings. The van der Waals surface area contributed by atoms with Crippen LogP contribution in [0.1, 0.15) is 52.0 Å². The minimum atomic E-state index is -0.243. The van der Waals surface area contributed by atoms with Gasteiger partial charge < -0.3 is 9.64 Å². The molecule has 2 rings (SSSR count). The van der Waals surface area contributed by atoms with Gasteiger partial charge in [-0.1, -0.05) is 51.1 Å². The van der Waals surface area contributed by atoms with Crippen LogP contribution in [-0.2, 0) is 16.1 Å². The van der Waals surface area contributed by atoms with Gasteiger partial charge in [0, 0.05) is 19.3 Å². The lowest BCUT2D eigenvalue weighted by molar-refractivity contribution is -0.144. The molecule has 0 unspecified atom stereocenters. The van der Waals surface area contributed by atoms with Crippen LogP contribution in [0.5, 0.6) is 0 Å². The molecule has 0 atom stereocenters. The zero-order chi connectivity index (χ0) is 20.6. The van der Waals surface area contributed by atoms with Gasteiger partial charge in [-0.25, -0.2) is 0 Å². The van der Waals surface area contributed by atoms with Gasteiger partial charge in [0.05, 0.1) is 16.6 Å². The molecule has 1 fully saturated rings. The van der Waals surface area contributed by atoms with E-state index >= 15 is 0 Å². The van der Waals surface area contributed by atoms with E-state index < -0.39 is 0 Å². The first-order chi connectivity index (χ1) is 13.4. The maximum Gasteiger partial charge on any atom is 0.310 e. The number of nitrogens with one attached hydrogen (secondary N) is 1. The zero-order valence-electron chi connectivity index (χ0n) is 17.0. The maximum atomic E-state index is 12.5. The summed E-state index contributed by atoms with van der Waals surface area (Å²) in [6.45, 7) is 8.73. The Morgan fingerprint density at radius 3 is 2.50 bits per heavy atom. The molecule has 1 aliphatic heterocycles. The molecule has 1 aromatic carbocycles. The fraction of sp³-hybridized carbons (Fsp3) is 0.500. The van der Waals surface area contributed by atoms with Gasteiger partial charge in [-0.3, -0.25) is 15.5 Å². The summed E-state index contributed by atoms with van der Waals surface area (Å²) in [7, 11) is 0. The minimum absolute atomic E-state index is 0.229. The highest BCUT2D eigenvalue weighted by Crippen LogP contribution is 2.36. The van der Waals surface area contributed by atoms with E-state index in [0.717, 1.165) is 53.7 Å². The van der Waals surface area contributed by atoms with Crippen LogP contribution in [0.3, 0.4) is 0 Å². The van der Waals surface area contributed by atoms with Gasteiger partial charge >= 0.3 is 5.97 Å². The van der Waals surface area contributed by atoms with Crippen molar-refractivity contribution in [3.8, 4) is 0 Å². The predicted octanol–water partition coefficient (Wildman–Crippen LogP) is 5.12. The van der Waals surface area contributed by atoms with Crippen LogP contribution in [0.2, 0.25) is 0 Å². The van der Waals surface area contributed by atoms with Crippen LogP contribution in [0.15, 0.2) is 52.3 Å². The average molecular weight is 451 g/mol. The first kappa shape index (κ1) is 22.5. The Bertz CT molecular complexity index is 704. The van der Waals surface area contributed by atoms with E-state index in [1.165, 1.54) is 6.20 Å². The molecule has 0 aliphatic carbocycles. The van der Waals surface area contributed by atoms with E-state index in [4.69, 9.17) is 9.94 Å². The molecule has 0 bridgehead atoms. The van der Waals surface area contributed by atoms with Gasteiger partial charge in [-0.05, 0) is 51.7 Å². The largest absolute Gasteiger partial charge is 0.461 e. The molecular formula is C22H31BrN2O3. The number of carbonyl (C=O) groups is 1. The van der Waals surface area contributed by atoms with E-state index in [1.807, 2.05) is 37.3 Å². The van der Waals surface area contributed by atoms with Gasteiger partial charge in [-0.2, -0.15) is 0 Å². The Hall–Kier alpha value is -1.79. The van der Waals surface area contributed by atoms with Crippen LogP contribution < -0.4 is 5.48 Å². The Morgan fingerprint density at radius 2 is 1.93 bits per heavy atom. The maximum absolute atomic E-state index is 12.5. The van der Waals surface area contributed by atoms with E-state index in [2.05, 4.69) is 40.2 Å². The van der Waals surface area contributed by atoms with Crippen molar-refractivity contribution in [2.75, 3.05) is 13.1 Å². The molecule has 2 N–H and O–H groups in total. The summed E-state index contributed by atoms with van der Waals surface area (Å²) >= 11 is 3.56. The van der Waals surface area contributed by atoms with Gasteiger partial charge in [0.25, 0.3) is 0 Å². The number of hydroxylamine groups is 1. The molecule has 1 aromatic rings. The number of benzene rings is 1. The quantitative estimate of drug-likeness (QED) is 0.326. The number of esters is 1. The Balaban J connectivity index is 2.15. The average Bonchev–Trinajstić information content (AvgIpc) is 2.68. The summed E-state index contributed by atoms with van der Waals surface area (Å²) < 4.78 is 6.22. The molecule has 0 amide bonds. The highest BCUT2D eigenvalue weighted by atomic mass is 79.9. The van der Waals surface area contributed by atoms with E-state index in [9.17, 15) is 4.79 Å². The number of ether oxygens (including phenoxy) is 1. The standard InChI is InChI=1S/C22H31BrN2O3/c1-4-18(14-20(26)28-16-17-8-6-5-7-9-17)21(19(23)15-24-27)25-12-10-22(2,3)11-13-25/h5-9,15,24,27H,4,10-14,16H2,1-3H3/b19-15+,21-18-. The summed E-state index contributed by atoms with van der Waals surface area (Å²) in [5.41, 5.74) is 5.36. The summed E-state index contributed by atoms with van der Waals surface area (Å²) in [6, 6.07) is 9.68. The highest BCUT2D eigenvalue weighted by molar-refractivity contribution is 9.12. The summed E-state index contributed by atoms with van der Waals surface area (Å²) in [5, 5.41) is 9.12. The number of allylic oxidation sites excluding steroid dienone is 1. The summed E-state index contributed by atoms with van der Waals surface area (Å²) in [6.07, 6.45) is 4.62. The van der Waals surface area contributed by atoms with Crippen LogP contribution in [-0.4, -0.2) is 29.2 Å². The Kier molecular flexibility index (Phi) is 8.58. The third-order valence-electron chi connectivity index (χ3n) is 5.21. The van der Waals surface area contributed by atoms with Crippen LogP contribution >= 0.6 is 15.9 Å². The third kappa shape index (κ3) is 6.67. The first-order valence-corrected chi connectivity index (χ1v) is 10.6. The number of piperidine rings is 1. The third-order valence-corrected chi connectivity index (χ3v) is 5.82. The first-order valence-electron chi connectivity index (χ1n) is 9.78. The van der Waals surface area contributed by atoms with Crippen molar-refractivity contribution >= 4 is 21.9 Å². The molecule has 28 heavy (non-hydrogen) atoms. The lowest BCUT2D eigenvalue weighted by Crippen LogP contribution is -2.37. The number of halogens is 1. The van der Waals surface area contributed by atoms with Crippen LogP contribution in [0.4, 0.5) is 0 Å². The van der Waals surface area contributed by atoms with Gasteiger partial charge in [-0.15, -0.1) is 0 Å². The van der Waals surface area contributed by atoms with Crippen molar-refractivity contribution in [3.05, 3.63) is 57.8 Å². The zero-order valence-corrected chi connectivity index (χ0v) is 18.6. The number of carbonyl (C=O) groups excluding carboxylic acids is 1. The molecule has 0 saturated carbocycles. The summed E-state index contributed by atoms with van der Waals surface area (Å²) in [4.78, 5) is 14.8. The van der Waals surface area contributed by atoms with Crippen molar-refractivity contribution in [3.63, 3.8) is 0 Å². The minimum Gasteiger partial charge on any atom is -0.461 e. The molecule has 1 saturated heterocycles. The monoisotopic (exact) mass is 450 g/mol. The number of hydrogen-bond acceptors (Lipinski definition) is 5.